The molecule has 0 rings (SSSR count). The summed E-state index contributed by atoms with van der Waals surface area (Å²) in [5.41, 5.74) is 0. The van der Waals surface area contributed by atoms with Gasteiger partial charge in [-0.1, -0.05) is 0 Å². The third kappa shape index (κ3) is 92.6. The van der Waals surface area contributed by atoms with Gasteiger partial charge in [-0.3, -0.25) is 9.59 Å². The minimum absolute atomic E-state index is 0.254. The average molecular weight is 288 g/mol. The van der Waals surface area contributed by atoms with Gasteiger partial charge in [-0.05, 0) is 0 Å². The average Bonchev–Trinajstić information content (AvgIpc) is 2.16. The van der Waals surface area contributed by atoms with E-state index in [4.69, 9.17) is 30.0 Å². The molecule has 4 N–H and O–H groups in total. The summed E-state index contributed by atoms with van der Waals surface area (Å²) in [7, 11) is 0. The van der Waals surface area contributed by atoms with Crippen molar-refractivity contribution in [2.45, 2.75) is 13.8 Å². The van der Waals surface area contributed by atoms with E-state index in [1.807, 2.05) is 0 Å². The fourth-order valence-electron chi connectivity index (χ4n) is 0.306. The molecule has 0 aromatic heterocycles. The molecule has 0 unspecified atom stereocenters. The summed E-state index contributed by atoms with van der Waals surface area (Å²) < 4.78 is 0. The van der Waals surface area contributed by atoms with E-state index < -0.39 is 11.9 Å². The van der Waals surface area contributed by atoms with Crippen LogP contribution in [0.4, 0.5) is 0 Å². The fraction of sp³-hybridized carbons (Fsp3) is 0.778. The number of carbonyl (C=O) groups is 2. The molecule has 17 heavy (non-hydrogen) atoms. The minimum atomic E-state index is -0.833. The second kappa shape index (κ2) is 20.9. The molecule has 0 fully saturated rings. The van der Waals surface area contributed by atoms with Crippen molar-refractivity contribution >= 4 is 35.5 Å². The molecular weight excluding hydrogens is 268 g/mol. The van der Waals surface area contributed by atoms with Gasteiger partial charge in [0.2, 0.25) is 0 Å². The molecule has 104 valence electrons. The highest BCUT2D eigenvalue weighted by atomic mass is 32.2. The van der Waals surface area contributed by atoms with Crippen molar-refractivity contribution in [1.29, 1.82) is 0 Å². The lowest BCUT2D eigenvalue weighted by molar-refractivity contribution is -0.135. The lowest BCUT2D eigenvalue weighted by atomic mass is 10.9. The number of carboxylic acid groups (broad SMARTS) is 2. The Bertz CT molecular complexity index is 151. The highest BCUT2D eigenvalue weighted by Crippen LogP contribution is 2.09. The van der Waals surface area contributed by atoms with Crippen molar-refractivity contribution in [2.24, 2.45) is 0 Å². The first-order chi connectivity index (χ1) is 7.88. The van der Waals surface area contributed by atoms with Gasteiger partial charge in [0, 0.05) is 30.4 Å². The Morgan fingerprint density at radius 3 is 1.29 bits per heavy atom. The monoisotopic (exact) mass is 288 g/mol. The second-order valence-electron chi connectivity index (χ2n) is 2.42. The number of aliphatic hydroxyl groups is 2. The molecule has 6 nitrogen and oxygen atoms in total. The summed E-state index contributed by atoms with van der Waals surface area (Å²) in [5, 5.41) is 32.5. The summed E-state index contributed by atoms with van der Waals surface area (Å²) >= 11 is 3.39. The number of hydrogen-bond donors (Lipinski definition) is 4. The minimum Gasteiger partial charge on any atom is -0.481 e. The normalized spacial score (nSPS) is 8.24. The first-order valence-corrected chi connectivity index (χ1v) is 6.95. The molecule has 0 amide bonds. The smallest absolute Gasteiger partial charge is 0.300 e. The van der Waals surface area contributed by atoms with Crippen LogP contribution in [0.3, 0.4) is 0 Å². The zero-order valence-corrected chi connectivity index (χ0v) is 11.6. The molecular formula is C9H20O6S2. The van der Waals surface area contributed by atoms with E-state index in [1.165, 1.54) is 0 Å². The van der Waals surface area contributed by atoms with Crippen LogP contribution in [0.1, 0.15) is 13.8 Å². The summed E-state index contributed by atoms with van der Waals surface area (Å²) in [6, 6.07) is 0. The molecule has 0 aromatic rings. The van der Waals surface area contributed by atoms with E-state index in [-0.39, 0.29) is 13.2 Å². The van der Waals surface area contributed by atoms with Crippen LogP contribution in [0.2, 0.25) is 0 Å². The highest BCUT2D eigenvalue weighted by molar-refractivity contribution is 8.15. The Balaban J connectivity index is -0.000000205. The fourth-order valence-corrected chi connectivity index (χ4v) is 1.98. The van der Waals surface area contributed by atoms with Crippen LogP contribution in [-0.4, -0.2) is 62.2 Å². The summed E-state index contributed by atoms with van der Waals surface area (Å²) in [6.45, 7) is 2.68. The molecule has 0 radical (unpaired) electrons. The van der Waals surface area contributed by atoms with Gasteiger partial charge in [0.25, 0.3) is 11.9 Å². The van der Waals surface area contributed by atoms with Crippen LogP contribution in [0.15, 0.2) is 0 Å². The van der Waals surface area contributed by atoms with Gasteiger partial charge in [-0.15, -0.1) is 23.5 Å². The summed E-state index contributed by atoms with van der Waals surface area (Å²) in [6.07, 6.45) is 0. The van der Waals surface area contributed by atoms with Gasteiger partial charge in [-0.2, -0.15) is 0 Å². The molecule has 0 aliphatic carbocycles. The van der Waals surface area contributed by atoms with Crippen LogP contribution in [0.5, 0.6) is 0 Å². The predicted molar refractivity (Wildman–Crippen MR) is 70.6 cm³/mol. The third-order valence-electron chi connectivity index (χ3n) is 0.638. The SMILES string of the molecule is CC(=O)O.CC(=O)O.OCCSCSCCO. The Kier molecular flexibility index (Phi) is 26.8. The van der Waals surface area contributed by atoms with Crippen LogP contribution in [0, 0.1) is 0 Å². The summed E-state index contributed by atoms with van der Waals surface area (Å²) in [5.74, 6) is -0.0587. The first kappa shape index (κ1) is 21.8. The molecule has 0 aliphatic heterocycles. The van der Waals surface area contributed by atoms with Crippen LogP contribution >= 0.6 is 23.5 Å². The molecule has 0 heterocycles. The summed E-state index contributed by atoms with van der Waals surface area (Å²) in [4.78, 5) is 18.0. The number of hydrogen-bond acceptors (Lipinski definition) is 6. The van der Waals surface area contributed by atoms with Gasteiger partial charge in [0.1, 0.15) is 0 Å². The first-order valence-electron chi connectivity index (χ1n) is 4.64. The Hall–Kier alpha value is -0.440. The second-order valence-corrected chi connectivity index (χ2v) is 5.00. The lowest BCUT2D eigenvalue weighted by Gasteiger charge is -1.96. The van der Waals surface area contributed by atoms with Crippen molar-refractivity contribution < 1.29 is 30.0 Å². The maximum Gasteiger partial charge on any atom is 0.300 e. The Morgan fingerprint density at radius 2 is 1.12 bits per heavy atom. The van der Waals surface area contributed by atoms with Gasteiger partial charge >= 0.3 is 0 Å². The van der Waals surface area contributed by atoms with E-state index in [2.05, 4.69) is 0 Å². The standard InChI is InChI=1S/C5H12O2S2.2C2H4O2/c6-1-3-8-5-9-4-2-7;2*1-2(3)4/h6-7H,1-5H2;2*1H3,(H,3,4). The van der Waals surface area contributed by atoms with Crippen molar-refractivity contribution in [3.63, 3.8) is 0 Å². The topological polar surface area (TPSA) is 115 Å². The number of thioether (sulfide) groups is 2. The van der Waals surface area contributed by atoms with Crippen molar-refractivity contribution in [2.75, 3.05) is 29.8 Å². The van der Waals surface area contributed by atoms with E-state index in [1.54, 1.807) is 23.5 Å². The molecule has 0 aromatic carbocycles. The number of rotatable bonds is 6. The van der Waals surface area contributed by atoms with Gasteiger partial charge < -0.3 is 20.4 Å². The predicted octanol–water partition coefficient (Wildman–Crippen LogP) is 0.577. The third-order valence-corrected chi connectivity index (χ3v) is 2.91. The molecule has 0 saturated carbocycles. The van der Waals surface area contributed by atoms with Crippen molar-refractivity contribution in [3.05, 3.63) is 0 Å². The molecule has 0 saturated heterocycles. The van der Waals surface area contributed by atoms with Gasteiger partial charge in [0.05, 0.1) is 13.2 Å². The maximum absolute atomic E-state index is 9.00. The molecule has 0 bridgehead atoms. The quantitative estimate of drug-likeness (QED) is 0.414. The van der Waals surface area contributed by atoms with Gasteiger partial charge in [0.15, 0.2) is 0 Å². The highest BCUT2D eigenvalue weighted by Gasteiger charge is 1.86. The number of aliphatic hydroxyl groups excluding tert-OH is 2. The van der Waals surface area contributed by atoms with E-state index >= 15 is 0 Å². The van der Waals surface area contributed by atoms with Crippen LogP contribution < -0.4 is 0 Å². The zero-order valence-electron chi connectivity index (χ0n) is 9.96. The van der Waals surface area contributed by atoms with Gasteiger partial charge in [-0.25, -0.2) is 0 Å². The maximum atomic E-state index is 9.00. The molecule has 0 spiro atoms. The molecule has 0 atom stereocenters. The lowest BCUT2D eigenvalue weighted by Crippen LogP contribution is -1.89. The Morgan fingerprint density at radius 1 is 0.882 bits per heavy atom. The van der Waals surface area contributed by atoms with Crippen molar-refractivity contribution in [3.8, 4) is 0 Å². The Labute approximate surface area is 109 Å². The largest absolute Gasteiger partial charge is 0.481 e. The van der Waals surface area contributed by atoms with E-state index in [0.29, 0.717) is 0 Å². The molecule has 8 heteroatoms. The van der Waals surface area contributed by atoms with Crippen molar-refractivity contribution in [1.82, 2.24) is 0 Å². The zero-order chi connectivity index (χ0) is 14.1. The number of carboxylic acids is 2. The van der Waals surface area contributed by atoms with E-state index in [0.717, 1.165) is 30.4 Å². The van der Waals surface area contributed by atoms with Crippen LogP contribution in [-0.2, 0) is 9.59 Å². The van der Waals surface area contributed by atoms with Crippen LogP contribution in [0.25, 0.3) is 0 Å². The number of aliphatic carboxylic acids is 2. The molecule has 0 aliphatic rings. The van der Waals surface area contributed by atoms with E-state index in [9.17, 15) is 0 Å².